The smallest absolute Gasteiger partial charge is 0.235 e. The summed E-state index contributed by atoms with van der Waals surface area (Å²) in [4.78, 5) is 15.7. The van der Waals surface area contributed by atoms with E-state index < -0.39 is 0 Å². The zero-order valence-electron chi connectivity index (χ0n) is 28.0. The Morgan fingerprint density at radius 3 is 1.85 bits per heavy atom. The number of imidazole rings is 1. The van der Waals surface area contributed by atoms with E-state index in [-0.39, 0.29) is 0 Å². The first-order chi connectivity index (χ1) is 25.8. The van der Waals surface area contributed by atoms with Gasteiger partial charge in [-0.1, -0.05) is 133 Å². The fraction of sp³-hybridized carbons (Fsp3) is 0. The van der Waals surface area contributed by atoms with Crippen LogP contribution in [0.25, 0.3) is 99.6 Å². The van der Waals surface area contributed by atoms with Crippen molar-refractivity contribution >= 4 is 65.3 Å². The first kappa shape index (κ1) is 28.7. The fourth-order valence-electron chi connectivity index (χ4n) is 7.98. The van der Waals surface area contributed by atoms with Crippen molar-refractivity contribution in [2.45, 2.75) is 0 Å². The van der Waals surface area contributed by atoms with Crippen LogP contribution in [0.3, 0.4) is 0 Å². The van der Waals surface area contributed by atoms with Crippen molar-refractivity contribution in [3.63, 3.8) is 0 Å². The average molecular weight is 664 g/mol. The average Bonchev–Trinajstić information content (AvgIpc) is 3.77. The molecule has 3 heterocycles. The largest absolute Gasteiger partial charge is 0.292 e. The highest BCUT2D eigenvalue weighted by molar-refractivity contribution is 6.21. The van der Waals surface area contributed by atoms with E-state index in [2.05, 4.69) is 167 Å². The number of benzene rings is 8. The molecule has 0 saturated carbocycles. The van der Waals surface area contributed by atoms with Gasteiger partial charge < -0.3 is 0 Å². The number of fused-ring (bicyclic) bond motifs is 9. The van der Waals surface area contributed by atoms with Crippen LogP contribution in [0, 0.1) is 0 Å². The highest BCUT2D eigenvalue weighted by Crippen LogP contribution is 2.40. The van der Waals surface area contributed by atoms with Gasteiger partial charge in [-0.3, -0.25) is 9.13 Å². The van der Waals surface area contributed by atoms with E-state index in [1.165, 1.54) is 10.8 Å². The predicted molar refractivity (Wildman–Crippen MR) is 214 cm³/mol. The van der Waals surface area contributed by atoms with Crippen molar-refractivity contribution < 1.29 is 0 Å². The maximum absolute atomic E-state index is 5.29. The van der Waals surface area contributed by atoms with Gasteiger partial charge in [0.15, 0.2) is 0 Å². The number of hydrogen-bond donors (Lipinski definition) is 0. The number of rotatable bonds is 4. The van der Waals surface area contributed by atoms with E-state index in [0.717, 1.165) is 82.8 Å². The Morgan fingerprint density at radius 2 is 1.04 bits per heavy atom. The number of aromatic nitrogens is 5. The Morgan fingerprint density at radius 1 is 0.365 bits per heavy atom. The summed E-state index contributed by atoms with van der Waals surface area (Å²) in [7, 11) is 0. The second kappa shape index (κ2) is 11.2. The minimum absolute atomic E-state index is 0.658. The molecule has 5 nitrogen and oxygen atoms in total. The van der Waals surface area contributed by atoms with Crippen molar-refractivity contribution in [1.82, 2.24) is 24.1 Å². The van der Waals surface area contributed by atoms with Crippen molar-refractivity contribution in [3.8, 4) is 34.3 Å². The molecular weight excluding hydrogens is 635 g/mol. The lowest BCUT2D eigenvalue weighted by Gasteiger charge is -2.13. The molecular formula is C47H29N5. The highest BCUT2D eigenvalue weighted by atomic mass is 15.2. The zero-order chi connectivity index (χ0) is 34.2. The Hall–Kier alpha value is -7.11. The number of para-hydroxylation sites is 3. The van der Waals surface area contributed by atoms with Gasteiger partial charge in [0.05, 0.1) is 33.3 Å². The van der Waals surface area contributed by atoms with E-state index in [1.54, 1.807) is 0 Å². The Balaban J connectivity index is 1.20. The molecule has 8 aromatic carbocycles. The Labute approximate surface area is 298 Å². The molecule has 0 unspecified atom stereocenters. The molecule has 0 aliphatic carbocycles. The molecule has 0 bridgehead atoms. The van der Waals surface area contributed by atoms with Crippen molar-refractivity contribution in [3.05, 3.63) is 176 Å². The van der Waals surface area contributed by atoms with E-state index in [4.69, 9.17) is 15.0 Å². The zero-order valence-corrected chi connectivity index (χ0v) is 28.0. The van der Waals surface area contributed by atoms with Crippen LogP contribution in [0.5, 0.6) is 0 Å². The third-order valence-electron chi connectivity index (χ3n) is 10.3. The highest BCUT2D eigenvalue weighted by Gasteiger charge is 2.21. The molecule has 3 aromatic heterocycles. The van der Waals surface area contributed by atoms with E-state index in [9.17, 15) is 0 Å². The number of hydrogen-bond acceptors (Lipinski definition) is 3. The van der Waals surface area contributed by atoms with Crippen molar-refractivity contribution in [2.75, 3.05) is 0 Å². The van der Waals surface area contributed by atoms with E-state index >= 15 is 0 Å². The maximum atomic E-state index is 5.29. The van der Waals surface area contributed by atoms with Crippen LogP contribution in [0.1, 0.15) is 0 Å². The normalized spacial score (nSPS) is 11.8. The molecule has 0 fully saturated rings. The van der Waals surface area contributed by atoms with Crippen LogP contribution in [-0.4, -0.2) is 24.1 Å². The third kappa shape index (κ3) is 4.26. The fourth-order valence-corrected chi connectivity index (χ4v) is 7.98. The molecule has 0 atom stereocenters. The van der Waals surface area contributed by atoms with Gasteiger partial charge in [-0.05, 0) is 58.6 Å². The van der Waals surface area contributed by atoms with Gasteiger partial charge in [-0.25, -0.2) is 15.0 Å². The molecule has 52 heavy (non-hydrogen) atoms. The van der Waals surface area contributed by atoms with Gasteiger partial charge >= 0.3 is 0 Å². The van der Waals surface area contributed by atoms with Crippen LogP contribution < -0.4 is 0 Å². The topological polar surface area (TPSA) is 48.5 Å². The summed E-state index contributed by atoms with van der Waals surface area (Å²) in [6.45, 7) is 0. The summed E-state index contributed by atoms with van der Waals surface area (Å²) in [6.07, 6.45) is 0. The first-order valence-corrected chi connectivity index (χ1v) is 17.5. The van der Waals surface area contributed by atoms with Gasteiger partial charge in [0.25, 0.3) is 0 Å². The molecule has 0 saturated heterocycles. The van der Waals surface area contributed by atoms with E-state index in [1.807, 2.05) is 18.2 Å². The molecule has 0 radical (unpaired) electrons. The van der Waals surface area contributed by atoms with Crippen LogP contribution >= 0.6 is 0 Å². The summed E-state index contributed by atoms with van der Waals surface area (Å²) in [5.74, 6) is 1.59. The van der Waals surface area contributed by atoms with Crippen LogP contribution in [0.15, 0.2) is 176 Å². The second-order valence-electron chi connectivity index (χ2n) is 13.3. The first-order valence-electron chi connectivity index (χ1n) is 17.5. The molecule has 0 aliphatic heterocycles. The van der Waals surface area contributed by atoms with Crippen LogP contribution in [0.2, 0.25) is 0 Å². The lowest BCUT2D eigenvalue weighted by molar-refractivity contribution is 1.01. The van der Waals surface area contributed by atoms with Crippen LogP contribution in [-0.2, 0) is 0 Å². The number of nitrogens with zero attached hydrogens (tertiary/aromatic N) is 5. The maximum Gasteiger partial charge on any atom is 0.235 e. The van der Waals surface area contributed by atoms with Gasteiger partial charge in [-0.2, -0.15) is 0 Å². The van der Waals surface area contributed by atoms with Gasteiger partial charge in [0.1, 0.15) is 5.82 Å². The predicted octanol–water partition coefficient (Wildman–Crippen LogP) is 11.7. The minimum atomic E-state index is 0.658. The minimum Gasteiger partial charge on any atom is -0.292 e. The summed E-state index contributed by atoms with van der Waals surface area (Å²) in [6, 6.07) is 61.9. The monoisotopic (exact) mass is 663 g/mol. The second-order valence-corrected chi connectivity index (χ2v) is 13.3. The molecule has 242 valence electrons. The Kier molecular flexibility index (Phi) is 6.18. The molecule has 0 amide bonds. The molecule has 5 heteroatoms. The van der Waals surface area contributed by atoms with Crippen LogP contribution in [0.4, 0.5) is 0 Å². The quantitative estimate of drug-likeness (QED) is 0.176. The van der Waals surface area contributed by atoms with E-state index in [0.29, 0.717) is 5.95 Å². The summed E-state index contributed by atoms with van der Waals surface area (Å²) < 4.78 is 4.54. The Bertz CT molecular complexity index is 3160. The summed E-state index contributed by atoms with van der Waals surface area (Å²) in [5.41, 5.74) is 9.28. The van der Waals surface area contributed by atoms with Gasteiger partial charge in [-0.15, -0.1) is 0 Å². The molecule has 11 aromatic rings. The molecule has 0 aliphatic rings. The van der Waals surface area contributed by atoms with Crippen molar-refractivity contribution in [2.24, 2.45) is 0 Å². The lowest BCUT2D eigenvalue weighted by atomic mass is 9.98. The SMILES string of the molecule is c1ccc(-c2nc(-n3c4ccccc4c4cc5c(ccc6c5ccc5nc(-c7ccccc7)n(-c7ccccc7)c56)cc43)nc3ccccc23)cc1. The summed E-state index contributed by atoms with van der Waals surface area (Å²) >= 11 is 0. The standard InChI is InChI=1S/C47H29N5/c1-4-14-30(15-5-1)44-37-21-10-12-22-40(37)49-47(50-44)52-42-23-13-11-20-35(42)39-29-38-32(28-43(39)52)24-25-36-34(38)26-27-41-45(36)51(33-18-8-3-9-19-33)46(48-41)31-16-6-2-7-17-31/h1-29H. The van der Waals surface area contributed by atoms with Gasteiger partial charge in [0, 0.05) is 38.4 Å². The summed E-state index contributed by atoms with van der Waals surface area (Å²) in [5, 5.41) is 8.06. The third-order valence-corrected chi connectivity index (χ3v) is 10.3. The molecule has 0 spiro atoms. The molecule has 0 N–H and O–H groups in total. The molecule has 11 rings (SSSR count). The lowest BCUT2D eigenvalue weighted by Crippen LogP contribution is -2.03. The van der Waals surface area contributed by atoms with Gasteiger partial charge in [0.2, 0.25) is 5.95 Å². The van der Waals surface area contributed by atoms with Crippen molar-refractivity contribution in [1.29, 1.82) is 0 Å².